The number of anilines is 3. The Morgan fingerprint density at radius 2 is 0.639 bits per heavy atom. The first-order valence-corrected chi connectivity index (χ1v) is 19.4. The second-order valence-electron chi connectivity index (χ2n) is 14.3. The molecule has 0 spiro atoms. The number of fused-ring (bicyclic) bond motifs is 3. The predicted molar refractivity (Wildman–Crippen MR) is 239 cm³/mol. The van der Waals surface area contributed by atoms with E-state index >= 15 is 0 Å². The summed E-state index contributed by atoms with van der Waals surface area (Å²) in [6.45, 7) is 0. The summed E-state index contributed by atoms with van der Waals surface area (Å²) in [5, 5.41) is 10.0. The van der Waals surface area contributed by atoms with E-state index < -0.39 is 0 Å². The standard InChI is InChI=1S/C45H30N16/c1-4-22-58-25-34(49-37(58)7-1)28-10-16-31(17-11-28)46-40-52-43-54-41(47-32-18-12-29(13-19-32)35-26-59-23-5-2-8-38(59)50-35)56-45-57-42(55-44(53-40)61(43)45)48-33-20-14-30(15-21-33)36-27-60-24-6-3-9-39(60)51-36/h1-27H,(H3,46,47,48,52,53,54,55,56,57). The number of rotatable bonds is 6. The van der Waals surface area contributed by atoms with Crippen molar-refractivity contribution in [3.63, 3.8) is 0 Å². The Labute approximate surface area is 346 Å². The summed E-state index contributed by atoms with van der Waals surface area (Å²) in [5.41, 5.74) is 10.5. The monoisotopic (exact) mass is 794 g/mol. The molecule has 0 bridgehead atoms. The molecular weight excluding hydrogens is 765 g/mol. The van der Waals surface area contributed by atoms with Crippen molar-refractivity contribution in [3.05, 3.63) is 165 Å². The average Bonchev–Trinajstić information content (AvgIpc) is 4.04. The summed E-state index contributed by atoms with van der Waals surface area (Å²) in [5.74, 6) is 1.78. The van der Waals surface area contributed by atoms with Gasteiger partial charge in [0.1, 0.15) is 16.9 Å². The molecule has 3 aliphatic heterocycles. The molecule has 9 aromatic rings. The van der Waals surface area contributed by atoms with Crippen LogP contribution in [0, 0.1) is 0 Å². The minimum atomic E-state index is 0.296. The van der Waals surface area contributed by atoms with Crippen molar-refractivity contribution in [3.8, 4) is 33.8 Å². The summed E-state index contributed by atoms with van der Waals surface area (Å²) >= 11 is 0. The number of hydrogen-bond acceptors (Lipinski definition) is 13. The Morgan fingerprint density at radius 1 is 0.328 bits per heavy atom. The molecule has 290 valence electrons. The van der Waals surface area contributed by atoms with Crippen molar-refractivity contribution in [2.75, 3.05) is 16.0 Å². The van der Waals surface area contributed by atoms with Crippen LogP contribution in [0.15, 0.2) is 195 Å². The lowest BCUT2D eigenvalue weighted by molar-refractivity contribution is 0.826. The molecule has 0 fully saturated rings. The van der Waals surface area contributed by atoms with Gasteiger partial charge in [0, 0.05) is 70.9 Å². The molecule has 16 nitrogen and oxygen atoms in total. The molecular formula is C45H30N16. The van der Waals surface area contributed by atoms with Crippen LogP contribution < -0.4 is 16.0 Å². The minimum Gasteiger partial charge on any atom is -0.324 e. The molecule has 0 amide bonds. The van der Waals surface area contributed by atoms with E-state index in [0.717, 1.165) is 67.8 Å². The van der Waals surface area contributed by atoms with Gasteiger partial charge < -0.3 is 29.2 Å². The molecule has 3 aliphatic rings. The van der Waals surface area contributed by atoms with E-state index in [0.29, 0.717) is 35.8 Å². The van der Waals surface area contributed by atoms with Gasteiger partial charge in [0.2, 0.25) is 35.8 Å². The number of guanidine groups is 6. The number of nitrogens with one attached hydrogen (secondary N) is 3. The SMILES string of the molecule is c1ccn2cc(-c3ccc(NC4=NC5=NC(Nc6ccc(-c7cn8ccccc8n7)cc6)=NC6=NC(Nc7ccc(-c8cn9ccccc9n8)cc7)=NC(=N4)N56)cc3)nc2c1. The Morgan fingerprint density at radius 3 is 0.934 bits per heavy atom. The molecule has 6 aromatic heterocycles. The number of nitrogens with zero attached hydrogens (tertiary/aromatic N) is 13. The van der Waals surface area contributed by atoms with Crippen molar-refractivity contribution in [2.24, 2.45) is 30.0 Å². The number of hydrogen-bond donors (Lipinski definition) is 3. The Bertz CT molecular complexity index is 2920. The Balaban J connectivity index is 0.843. The average molecular weight is 795 g/mol. The molecule has 61 heavy (non-hydrogen) atoms. The molecule has 9 heterocycles. The fraction of sp³-hybridized carbons (Fsp3) is 0. The first-order chi connectivity index (χ1) is 30.1. The Hall–Kier alpha value is -9.05. The van der Waals surface area contributed by atoms with E-state index in [4.69, 9.17) is 44.9 Å². The third kappa shape index (κ3) is 6.42. The van der Waals surface area contributed by atoms with Crippen molar-refractivity contribution < 1.29 is 0 Å². The van der Waals surface area contributed by atoms with Crippen LogP contribution in [0.25, 0.3) is 50.7 Å². The highest BCUT2D eigenvalue weighted by Crippen LogP contribution is 2.26. The number of benzene rings is 3. The largest absolute Gasteiger partial charge is 0.324 e. The molecule has 16 heteroatoms. The zero-order valence-electron chi connectivity index (χ0n) is 31.9. The summed E-state index contributed by atoms with van der Waals surface area (Å²) in [4.78, 5) is 44.6. The van der Waals surface area contributed by atoms with E-state index in [9.17, 15) is 0 Å². The fourth-order valence-corrected chi connectivity index (χ4v) is 7.24. The van der Waals surface area contributed by atoms with Gasteiger partial charge in [-0.05, 0) is 72.8 Å². The van der Waals surface area contributed by atoms with E-state index in [1.54, 1.807) is 4.90 Å². The van der Waals surface area contributed by atoms with Crippen LogP contribution in [0.2, 0.25) is 0 Å². The highest BCUT2D eigenvalue weighted by atomic mass is 15.5. The van der Waals surface area contributed by atoms with Gasteiger partial charge in [0.05, 0.1) is 17.1 Å². The van der Waals surface area contributed by atoms with Gasteiger partial charge in [0.15, 0.2) is 0 Å². The lowest BCUT2D eigenvalue weighted by Gasteiger charge is -2.30. The minimum absolute atomic E-state index is 0.296. The molecule has 0 saturated heterocycles. The van der Waals surface area contributed by atoms with Crippen LogP contribution in [-0.4, -0.2) is 68.8 Å². The van der Waals surface area contributed by atoms with Gasteiger partial charge in [-0.2, -0.15) is 30.0 Å². The van der Waals surface area contributed by atoms with Gasteiger partial charge in [-0.1, -0.05) is 54.6 Å². The van der Waals surface area contributed by atoms with Crippen molar-refractivity contribution in [1.82, 2.24) is 33.1 Å². The maximum absolute atomic E-state index is 4.79. The van der Waals surface area contributed by atoms with E-state index in [1.165, 1.54) is 0 Å². The summed E-state index contributed by atoms with van der Waals surface area (Å²) in [6, 6.07) is 41.6. The molecule has 0 unspecified atom stereocenters. The van der Waals surface area contributed by atoms with Crippen LogP contribution in [0.3, 0.4) is 0 Å². The zero-order valence-corrected chi connectivity index (χ0v) is 31.9. The second kappa shape index (κ2) is 13.8. The predicted octanol–water partition coefficient (Wildman–Crippen LogP) is 7.75. The first kappa shape index (κ1) is 34.0. The lowest BCUT2D eigenvalue weighted by Crippen LogP contribution is -2.49. The van der Waals surface area contributed by atoms with Gasteiger partial charge in [-0.25, -0.2) is 19.9 Å². The normalized spacial score (nSPS) is 14.5. The van der Waals surface area contributed by atoms with Crippen LogP contribution >= 0.6 is 0 Å². The third-order valence-corrected chi connectivity index (χ3v) is 10.2. The number of aliphatic imine (C=N–C) groups is 6. The Kier molecular flexibility index (Phi) is 7.70. The molecule has 12 rings (SSSR count). The topological polar surface area (TPSA) is 165 Å². The first-order valence-electron chi connectivity index (χ1n) is 19.4. The maximum atomic E-state index is 4.79. The van der Waals surface area contributed by atoms with E-state index in [1.807, 2.05) is 178 Å². The highest BCUT2D eigenvalue weighted by molar-refractivity contribution is 6.32. The smallest absolute Gasteiger partial charge is 0.246 e. The quantitative estimate of drug-likeness (QED) is 0.155. The molecule has 0 radical (unpaired) electrons. The molecule has 0 atom stereocenters. The van der Waals surface area contributed by atoms with Crippen LogP contribution in [0.5, 0.6) is 0 Å². The molecule has 3 N–H and O–H groups in total. The van der Waals surface area contributed by atoms with Gasteiger partial charge in [-0.15, -0.1) is 0 Å². The number of pyridine rings is 3. The second-order valence-corrected chi connectivity index (χ2v) is 14.3. The summed E-state index contributed by atoms with van der Waals surface area (Å²) in [7, 11) is 0. The van der Waals surface area contributed by atoms with Gasteiger partial charge in [-0.3, -0.25) is 0 Å². The third-order valence-electron chi connectivity index (χ3n) is 10.2. The lowest BCUT2D eigenvalue weighted by atomic mass is 10.1. The van der Waals surface area contributed by atoms with Gasteiger partial charge >= 0.3 is 0 Å². The van der Waals surface area contributed by atoms with E-state index in [2.05, 4.69) is 16.0 Å². The number of aromatic nitrogens is 6. The molecule has 0 aliphatic carbocycles. The maximum Gasteiger partial charge on any atom is 0.246 e. The number of imidazole rings is 3. The van der Waals surface area contributed by atoms with Gasteiger partial charge in [0.25, 0.3) is 0 Å². The van der Waals surface area contributed by atoms with Crippen LogP contribution in [-0.2, 0) is 0 Å². The van der Waals surface area contributed by atoms with Crippen molar-refractivity contribution >= 4 is 69.8 Å². The summed E-state index contributed by atoms with van der Waals surface area (Å²) in [6.07, 6.45) is 12.0. The van der Waals surface area contributed by atoms with Crippen molar-refractivity contribution in [2.45, 2.75) is 0 Å². The highest BCUT2D eigenvalue weighted by Gasteiger charge is 2.35. The molecule has 0 saturated carbocycles. The summed E-state index contributed by atoms with van der Waals surface area (Å²) < 4.78 is 6.00. The van der Waals surface area contributed by atoms with Crippen LogP contribution in [0.1, 0.15) is 0 Å². The fourth-order valence-electron chi connectivity index (χ4n) is 7.24. The zero-order chi connectivity index (χ0) is 40.3. The van der Waals surface area contributed by atoms with E-state index in [-0.39, 0.29) is 0 Å². The molecule has 3 aromatic carbocycles. The van der Waals surface area contributed by atoms with Crippen LogP contribution in [0.4, 0.5) is 17.1 Å². The van der Waals surface area contributed by atoms with Crippen molar-refractivity contribution in [1.29, 1.82) is 0 Å².